The summed E-state index contributed by atoms with van der Waals surface area (Å²) >= 11 is 0. The molecule has 0 aromatic carbocycles. The number of aliphatic hydroxyl groups excluding tert-OH is 2. The summed E-state index contributed by atoms with van der Waals surface area (Å²) in [5.74, 6) is -0.290. The average Bonchev–Trinajstić information content (AvgIpc) is 3.52. The molecule has 3 aliphatic heterocycles. The minimum Gasteiger partial charge on any atom is -0.455 e. The normalized spacial score (nSPS) is 27.6. The number of carbonyl (C=O) groups excluding carboxylic acids is 1. The zero-order valence-electron chi connectivity index (χ0n) is 27.5. The SMILES string of the molecule is CCCCCCCCCCCCCC[C@H](O)[C@@H]1CC[C@H]([C@H]2CC[C@@H](CCCCC[C@@H](O)CC3=C[C@H](C)OC3=O)OCO2)O1. The van der Waals surface area contributed by atoms with E-state index in [1.54, 1.807) is 0 Å². The Labute approximate surface area is 262 Å². The first-order chi connectivity index (χ1) is 21.0. The van der Waals surface area contributed by atoms with E-state index in [0.717, 1.165) is 64.2 Å². The van der Waals surface area contributed by atoms with Crippen molar-refractivity contribution in [2.75, 3.05) is 6.79 Å². The van der Waals surface area contributed by atoms with E-state index in [0.29, 0.717) is 25.2 Å². The minimum absolute atomic E-state index is 0.0447. The highest BCUT2D eigenvalue weighted by Gasteiger charge is 2.36. The number of unbranched alkanes of at least 4 members (excludes halogenated alkanes) is 13. The molecule has 0 aliphatic carbocycles. The summed E-state index contributed by atoms with van der Waals surface area (Å²) in [5.41, 5.74) is 0.605. The molecule has 7 heteroatoms. The Morgan fingerprint density at radius 2 is 1.40 bits per heavy atom. The summed E-state index contributed by atoms with van der Waals surface area (Å²) in [5, 5.41) is 21.1. The number of carbonyl (C=O) groups is 1. The van der Waals surface area contributed by atoms with E-state index in [-0.39, 0.29) is 42.6 Å². The van der Waals surface area contributed by atoms with Crippen molar-refractivity contribution < 1.29 is 34.0 Å². The molecule has 43 heavy (non-hydrogen) atoms. The van der Waals surface area contributed by atoms with Crippen LogP contribution >= 0.6 is 0 Å². The van der Waals surface area contributed by atoms with Crippen LogP contribution in [0.4, 0.5) is 0 Å². The molecule has 0 radical (unpaired) electrons. The van der Waals surface area contributed by atoms with Gasteiger partial charge in [-0.3, -0.25) is 0 Å². The molecule has 0 saturated carbocycles. The van der Waals surface area contributed by atoms with Crippen LogP contribution in [0.1, 0.15) is 162 Å². The lowest BCUT2D eigenvalue weighted by Crippen LogP contribution is -2.32. The number of hydrogen-bond acceptors (Lipinski definition) is 7. The van der Waals surface area contributed by atoms with Gasteiger partial charge in [-0.25, -0.2) is 4.79 Å². The molecule has 3 heterocycles. The Morgan fingerprint density at radius 3 is 2.07 bits per heavy atom. The van der Waals surface area contributed by atoms with Crippen LogP contribution in [-0.2, 0) is 23.7 Å². The van der Waals surface area contributed by atoms with Crippen LogP contribution in [0.5, 0.6) is 0 Å². The second-order valence-corrected chi connectivity index (χ2v) is 13.5. The molecule has 3 aliphatic rings. The molecule has 0 amide bonds. The van der Waals surface area contributed by atoms with E-state index in [1.165, 1.54) is 70.6 Å². The van der Waals surface area contributed by atoms with Crippen molar-refractivity contribution in [3.63, 3.8) is 0 Å². The van der Waals surface area contributed by atoms with Crippen molar-refractivity contribution in [3.05, 3.63) is 11.6 Å². The fourth-order valence-electron chi connectivity index (χ4n) is 6.95. The van der Waals surface area contributed by atoms with Gasteiger partial charge < -0.3 is 29.2 Å². The summed E-state index contributed by atoms with van der Waals surface area (Å²) in [6, 6.07) is 0. The Balaban J connectivity index is 1.17. The van der Waals surface area contributed by atoms with Gasteiger partial charge in [0.15, 0.2) is 0 Å². The maximum atomic E-state index is 11.7. The molecule has 2 N–H and O–H groups in total. The molecule has 2 saturated heterocycles. The van der Waals surface area contributed by atoms with Crippen molar-refractivity contribution in [2.24, 2.45) is 0 Å². The van der Waals surface area contributed by atoms with Crippen molar-refractivity contribution in [1.82, 2.24) is 0 Å². The smallest absolute Gasteiger partial charge is 0.334 e. The monoisotopic (exact) mass is 608 g/mol. The lowest BCUT2D eigenvalue weighted by molar-refractivity contribution is -0.140. The molecule has 2 fully saturated rings. The van der Waals surface area contributed by atoms with Crippen LogP contribution < -0.4 is 0 Å². The predicted octanol–water partition coefficient (Wildman–Crippen LogP) is 8.08. The second-order valence-electron chi connectivity index (χ2n) is 13.5. The van der Waals surface area contributed by atoms with Gasteiger partial charge in [-0.15, -0.1) is 0 Å². The van der Waals surface area contributed by atoms with Gasteiger partial charge >= 0.3 is 5.97 Å². The van der Waals surface area contributed by atoms with Gasteiger partial charge in [0.1, 0.15) is 12.9 Å². The van der Waals surface area contributed by atoms with Gasteiger partial charge in [-0.1, -0.05) is 103 Å². The summed E-state index contributed by atoms with van der Waals surface area (Å²) in [6.07, 6.45) is 26.7. The first-order valence-electron chi connectivity index (χ1n) is 18.1. The highest BCUT2D eigenvalue weighted by molar-refractivity contribution is 5.90. The maximum absolute atomic E-state index is 11.7. The lowest BCUT2D eigenvalue weighted by Gasteiger charge is -2.24. The standard InChI is InChI=1S/C36H64O7/c1-3-4-5-6-7-8-9-10-11-12-13-17-20-32(38)33-23-24-35(43-33)34-22-21-31(40-27-41-34)19-16-14-15-18-30(37)26-29-25-28(2)42-36(29)39/h25,28,30-35,37-38H,3-24,26-27H2,1-2H3/t28-,30+,31+,32-,33-,34+,35+/m0/s1. The van der Waals surface area contributed by atoms with Crippen molar-refractivity contribution in [2.45, 2.75) is 204 Å². The third kappa shape index (κ3) is 14.8. The Kier molecular flexibility index (Phi) is 18.4. The zero-order chi connectivity index (χ0) is 30.7. The molecule has 7 atom stereocenters. The molecular formula is C36H64O7. The van der Waals surface area contributed by atoms with E-state index in [2.05, 4.69) is 6.92 Å². The molecule has 250 valence electrons. The van der Waals surface area contributed by atoms with Crippen LogP contribution in [0.15, 0.2) is 11.6 Å². The largest absolute Gasteiger partial charge is 0.455 e. The Hall–Kier alpha value is -0.990. The fourth-order valence-corrected chi connectivity index (χ4v) is 6.95. The zero-order valence-corrected chi connectivity index (χ0v) is 27.5. The Morgan fingerprint density at radius 1 is 0.767 bits per heavy atom. The highest BCUT2D eigenvalue weighted by atomic mass is 16.7. The van der Waals surface area contributed by atoms with Crippen LogP contribution in [-0.4, -0.2) is 65.7 Å². The van der Waals surface area contributed by atoms with Gasteiger partial charge in [0.05, 0.1) is 36.6 Å². The number of aliphatic hydroxyl groups is 2. The first-order valence-corrected chi connectivity index (χ1v) is 18.1. The van der Waals surface area contributed by atoms with Crippen molar-refractivity contribution in [3.8, 4) is 0 Å². The van der Waals surface area contributed by atoms with Gasteiger partial charge in [0, 0.05) is 12.0 Å². The highest BCUT2D eigenvalue weighted by Crippen LogP contribution is 2.31. The van der Waals surface area contributed by atoms with Gasteiger partial charge in [0.25, 0.3) is 0 Å². The summed E-state index contributed by atoms with van der Waals surface area (Å²) < 4.78 is 23.5. The maximum Gasteiger partial charge on any atom is 0.334 e. The molecule has 3 rings (SSSR count). The summed E-state index contributed by atoms with van der Waals surface area (Å²) in [4.78, 5) is 11.7. The third-order valence-electron chi connectivity index (χ3n) is 9.65. The summed E-state index contributed by atoms with van der Waals surface area (Å²) in [7, 11) is 0. The molecule has 0 spiro atoms. The van der Waals surface area contributed by atoms with Crippen molar-refractivity contribution >= 4 is 5.97 Å². The Bertz CT molecular complexity index is 771. The van der Waals surface area contributed by atoms with Crippen LogP contribution in [0.2, 0.25) is 0 Å². The van der Waals surface area contributed by atoms with E-state index < -0.39 is 6.10 Å². The number of esters is 1. The molecule has 0 bridgehead atoms. The van der Waals surface area contributed by atoms with Crippen LogP contribution in [0.25, 0.3) is 0 Å². The minimum atomic E-state index is -0.495. The first kappa shape index (κ1) is 36.5. The molecule has 7 nitrogen and oxygen atoms in total. The van der Waals surface area contributed by atoms with E-state index in [4.69, 9.17) is 18.9 Å². The topological polar surface area (TPSA) is 94.5 Å². The lowest BCUT2D eigenvalue weighted by atomic mass is 9.98. The second kappa shape index (κ2) is 21.7. The number of rotatable bonds is 23. The molecule has 0 aromatic rings. The molecule has 0 aromatic heterocycles. The quantitative estimate of drug-likeness (QED) is 0.0894. The van der Waals surface area contributed by atoms with E-state index in [1.807, 2.05) is 13.0 Å². The molecule has 0 unspecified atom stereocenters. The van der Waals surface area contributed by atoms with Gasteiger partial charge in [-0.05, 0) is 57.9 Å². The van der Waals surface area contributed by atoms with Gasteiger partial charge in [-0.2, -0.15) is 0 Å². The molecular weight excluding hydrogens is 544 g/mol. The average molecular weight is 609 g/mol. The number of ether oxygens (including phenoxy) is 4. The van der Waals surface area contributed by atoms with Gasteiger partial charge in [0.2, 0.25) is 0 Å². The predicted molar refractivity (Wildman–Crippen MR) is 171 cm³/mol. The number of cyclic esters (lactones) is 1. The van der Waals surface area contributed by atoms with E-state index in [9.17, 15) is 15.0 Å². The van der Waals surface area contributed by atoms with Crippen LogP contribution in [0, 0.1) is 0 Å². The summed E-state index contributed by atoms with van der Waals surface area (Å²) in [6.45, 7) is 4.42. The van der Waals surface area contributed by atoms with E-state index >= 15 is 0 Å². The number of hydrogen-bond donors (Lipinski definition) is 2. The third-order valence-corrected chi connectivity index (χ3v) is 9.65. The fraction of sp³-hybridized carbons (Fsp3) is 0.917. The van der Waals surface area contributed by atoms with Crippen molar-refractivity contribution in [1.29, 1.82) is 0 Å². The van der Waals surface area contributed by atoms with Crippen LogP contribution in [0.3, 0.4) is 0 Å².